The Bertz CT molecular complexity index is 314. The molecule has 0 saturated heterocycles. The Kier molecular flexibility index (Phi) is 4.41. The molecule has 78 valence electrons. The fraction of sp³-hybridized carbons (Fsp3) is 0.444. The second-order valence-corrected chi connectivity index (χ2v) is 4.72. The number of carbonyl (C=O) groups excluding carboxylic acids is 1. The molecule has 1 aromatic heterocycles. The van der Waals surface area contributed by atoms with E-state index in [0.29, 0.717) is 6.54 Å². The van der Waals surface area contributed by atoms with Crippen molar-refractivity contribution in [3.63, 3.8) is 0 Å². The van der Waals surface area contributed by atoms with Gasteiger partial charge in [-0.05, 0) is 34.3 Å². The number of urea groups is 1. The van der Waals surface area contributed by atoms with Gasteiger partial charge in [0, 0.05) is 22.9 Å². The van der Waals surface area contributed by atoms with Gasteiger partial charge in [-0.1, -0.05) is 0 Å². The Morgan fingerprint density at radius 1 is 1.71 bits per heavy atom. The largest absolute Gasteiger partial charge is 0.333 e. The lowest BCUT2D eigenvalue weighted by Crippen LogP contribution is -2.36. The number of thiophene rings is 1. The number of hydrogen-bond acceptors (Lipinski definition) is 2. The number of nitrogens with zero attached hydrogens (tertiary/aromatic N) is 1. The molecule has 0 saturated carbocycles. The normalized spacial score (nSPS) is 9.93. The van der Waals surface area contributed by atoms with Crippen LogP contribution >= 0.6 is 27.3 Å². The van der Waals surface area contributed by atoms with Crippen LogP contribution in [0.4, 0.5) is 4.79 Å². The molecule has 1 rings (SSSR count). The van der Waals surface area contributed by atoms with E-state index in [2.05, 4.69) is 21.2 Å². The van der Waals surface area contributed by atoms with Gasteiger partial charge >= 0.3 is 6.03 Å². The zero-order valence-electron chi connectivity index (χ0n) is 8.21. The van der Waals surface area contributed by atoms with Crippen molar-refractivity contribution in [2.24, 2.45) is 0 Å². The van der Waals surface area contributed by atoms with Crippen molar-refractivity contribution in [2.75, 3.05) is 13.6 Å². The van der Waals surface area contributed by atoms with Crippen LogP contribution in [-0.2, 0) is 6.54 Å². The summed E-state index contributed by atoms with van der Waals surface area (Å²) in [5.74, 6) is 0. The number of carbonyl (C=O) groups is 1. The second kappa shape index (κ2) is 5.36. The molecule has 2 amide bonds. The summed E-state index contributed by atoms with van der Waals surface area (Å²) in [6.07, 6.45) is 0. The molecular formula is C9H13BrN2OS. The highest BCUT2D eigenvalue weighted by molar-refractivity contribution is 9.10. The molecule has 0 unspecified atom stereocenters. The average Bonchev–Trinajstić information content (AvgIpc) is 2.59. The summed E-state index contributed by atoms with van der Waals surface area (Å²) >= 11 is 5.05. The summed E-state index contributed by atoms with van der Waals surface area (Å²) in [5.41, 5.74) is 0. The van der Waals surface area contributed by atoms with Gasteiger partial charge in [-0.3, -0.25) is 0 Å². The van der Waals surface area contributed by atoms with E-state index in [1.165, 1.54) is 0 Å². The second-order valence-electron chi connectivity index (χ2n) is 2.86. The maximum absolute atomic E-state index is 11.4. The Hall–Kier alpha value is -0.550. The summed E-state index contributed by atoms with van der Waals surface area (Å²) in [7, 11) is 1.78. The van der Waals surface area contributed by atoms with Crippen LogP contribution in [0, 0.1) is 0 Å². The Morgan fingerprint density at radius 2 is 2.43 bits per heavy atom. The summed E-state index contributed by atoms with van der Waals surface area (Å²) in [6.45, 7) is 3.25. The SMILES string of the molecule is CCN(C)C(=O)NCc1sccc1Br. The molecule has 0 radical (unpaired) electrons. The standard InChI is InChI=1S/C9H13BrN2OS/c1-3-12(2)9(13)11-6-8-7(10)4-5-14-8/h4-5H,3,6H2,1-2H3,(H,11,13). The minimum Gasteiger partial charge on any atom is -0.333 e. The maximum Gasteiger partial charge on any atom is 0.317 e. The molecule has 0 aliphatic carbocycles. The van der Waals surface area contributed by atoms with Crippen LogP contribution in [0.1, 0.15) is 11.8 Å². The van der Waals surface area contributed by atoms with E-state index >= 15 is 0 Å². The lowest BCUT2D eigenvalue weighted by Gasteiger charge is -2.14. The van der Waals surface area contributed by atoms with Crippen molar-refractivity contribution in [1.82, 2.24) is 10.2 Å². The van der Waals surface area contributed by atoms with Crippen molar-refractivity contribution >= 4 is 33.3 Å². The zero-order valence-corrected chi connectivity index (χ0v) is 10.6. The van der Waals surface area contributed by atoms with Crippen LogP contribution in [0.15, 0.2) is 15.9 Å². The molecule has 0 aromatic carbocycles. The summed E-state index contributed by atoms with van der Waals surface area (Å²) in [4.78, 5) is 14.2. The van der Waals surface area contributed by atoms with Crippen LogP contribution in [-0.4, -0.2) is 24.5 Å². The average molecular weight is 277 g/mol. The molecule has 0 aliphatic rings. The minimum absolute atomic E-state index is 0.0344. The Balaban J connectivity index is 2.41. The van der Waals surface area contributed by atoms with Crippen molar-refractivity contribution < 1.29 is 4.79 Å². The van der Waals surface area contributed by atoms with Crippen LogP contribution in [0.2, 0.25) is 0 Å². The first-order valence-electron chi connectivity index (χ1n) is 4.36. The zero-order chi connectivity index (χ0) is 10.6. The summed E-state index contributed by atoms with van der Waals surface area (Å²) in [6, 6.07) is 1.95. The Labute approximate surface area is 96.2 Å². The molecule has 1 aromatic rings. The number of amides is 2. The third kappa shape index (κ3) is 2.99. The molecule has 0 spiro atoms. The highest BCUT2D eigenvalue weighted by Crippen LogP contribution is 2.22. The number of hydrogen-bond donors (Lipinski definition) is 1. The van der Waals surface area contributed by atoms with Gasteiger partial charge in [0.2, 0.25) is 0 Å². The molecule has 5 heteroatoms. The third-order valence-corrected chi connectivity index (χ3v) is 3.84. The smallest absolute Gasteiger partial charge is 0.317 e. The predicted octanol–water partition coefficient (Wildman–Crippen LogP) is 2.67. The fourth-order valence-electron chi connectivity index (χ4n) is 0.886. The summed E-state index contributed by atoms with van der Waals surface area (Å²) < 4.78 is 1.06. The van der Waals surface area contributed by atoms with Crippen molar-refractivity contribution in [1.29, 1.82) is 0 Å². The van der Waals surface area contributed by atoms with Gasteiger partial charge < -0.3 is 10.2 Å². The van der Waals surface area contributed by atoms with E-state index in [-0.39, 0.29) is 6.03 Å². The van der Waals surface area contributed by atoms with Crippen molar-refractivity contribution in [3.05, 3.63) is 20.8 Å². The first-order chi connectivity index (χ1) is 6.65. The molecule has 14 heavy (non-hydrogen) atoms. The third-order valence-electron chi connectivity index (χ3n) is 1.91. The lowest BCUT2D eigenvalue weighted by molar-refractivity contribution is 0.210. The van der Waals surface area contributed by atoms with Crippen LogP contribution in [0.3, 0.4) is 0 Å². The van der Waals surface area contributed by atoms with E-state index in [4.69, 9.17) is 0 Å². The van der Waals surface area contributed by atoms with Gasteiger partial charge in [-0.15, -0.1) is 11.3 Å². The monoisotopic (exact) mass is 276 g/mol. The highest BCUT2D eigenvalue weighted by atomic mass is 79.9. The molecular weight excluding hydrogens is 264 g/mol. The minimum atomic E-state index is -0.0344. The van der Waals surface area contributed by atoms with E-state index < -0.39 is 0 Å². The maximum atomic E-state index is 11.4. The van der Waals surface area contributed by atoms with Crippen LogP contribution < -0.4 is 5.32 Å². The predicted molar refractivity (Wildman–Crippen MR) is 62.6 cm³/mol. The number of rotatable bonds is 3. The molecule has 0 atom stereocenters. The molecule has 3 nitrogen and oxygen atoms in total. The first-order valence-corrected chi connectivity index (χ1v) is 6.03. The number of halogens is 1. The fourth-order valence-corrected chi connectivity index (χ4v) is 2.32. The summed E-state index contributed by atoms with van der Waals surface area (Å²) in [5, 5.41) is 4.84. The van der Waals surface area contributed by atoms with Gasteiger partial charge in [0.1, 0.15) is 0 Å². The quantitative estimate of drug-likeness (QED) is 0.905. The van der Waals surface area contributed by atoms with Gasteiger partial charge in [-0.25, -0.2) is 4.79 Å². The van der Waals surface area contributed by atoms with Crippen molar-refractivity contribution in [3.8, 4) is 0 Å². The van der Waals surface area contributed by atoms with Gasteiger partial charge in [0.25, 0.3) is 0 Å². The molecule has 1 heterocycles. The van der Waals surface area contributed by atoms with Gasteiger partial charge in [0.05, 0.1) is 6.54 Å². The highest BCUT2D eigenvalue weighted by Gasteiger charge is 2.07. The first kappa shape index (κ1) is 11.5. The lowest BCUT2D eigenvalue weighted by atomic mass is 10.4. The van der Waals surface area contributed by atoms with Gasteiger partial charge in [-0.2, -0.15) is 0 Å². The number of nitrogens with one attached hydrogen (secondary N) is 1. The molecule has 1 N–H and O–H groups in total. The van der Waals surface area contributed by atoms with Crippen LogP contribution in [0.25, 0.3) is 0 Å². The van der Waals surface area contributed by atoms with E-state index in [1.807, 2.05) is 18.4 Å². The topological polar surface area (TPSA) is 32.3 Å². The Morgan fingerprint density at radius 3 is 2.93 bits per heavy atom. The van der Waals surface area contributed by atoms with Gasteiger partial charge in [0.15, 0.2) is 0 Å². The van der Waals surface area contributed by atoms with E-state index in [9.17, 15) is 4.79 Å². The van der Waals surface area contributed by atoms with E-state index in [0.717, 1.165) is 15.9 Å². The molecule has 0 bridgehead atoms. The molecule has 0 aliphatic heterocycles. The van der Waals surface area contributed by atoms with Crippen molar-refractivity contribution in [2.45, 2.75) is 13.5 Å². The van der Waals surface area contributed by atoms with Crippen LogP contribution in [0.5, 0.6) is 0 Å². The molecule has 0 fully saturated rings. The van der Waals surface area contributed by atoms with E-state index in [1.54, 1.807) is 23.3 Å².